The Balaban J connectivity index is 2.31. The van der Waals surface area contributed by atoms with Crippen LogP contribution >= 0.6 is 0 Å². The van der Waals surface area contributed by atoms with Gasteiger partial charge in [-0.05, 0) is 19.4 Å². The third-order valence-electron chi connectivity index (χ3n) is 2.19. The fourth-order valence-electron chi connectivity index (χ4n) is 1.30. The smallest absolute Gasteiger partial charge is 0.140 e. The van der Waals surface area contributed by atoms with E-state index in [2.05, 4.69) is 4.98 Å². The number of carbonyl (C=O) groups is 1. The van der Waals surface area contributed by atoms with Crippen molar-refractivity contribution in [1.82, 2.24) is 9.55 Å². The van der Waals surface area contributed by atoms with Crippen molar-refractivity contribution >= 4 is 5.78 Å². The molecular weight excluding hydrogens is 178 g/mol. The maximum atomic E-state index is 11.4. The molecule has 1 aromatic heterocycles. The van der Waals surface area contributed by atoms with Crippen LogP contribution in [0.15, 0.2) is 12.4 Å². The average molecular weight is 195 g/mol. The summed E-state index contributed by atoms with van der Waals surface area (Å²) in [5.41, 5.74) is 5.35. The van der Waals surface area contributed by atoms with E-state index in [0.29, 0.717) is 19.4 Å². The molecular formula is C10H17N3O. The molecule has 0 aromatic carbocycles. The zero-order chi connectivity index (χ0) is 10.4. The predicted molar refractivity (Wildman–Crippen MR) is 54.8 cm³/mol. The Morgan fingerprint density at radius 2 is 2.36 bits per heavy atom. The molecule has 2 N–H and O–H groups in total. The second-order valence-electron chi connectivity index (χ2n) is 3.42. The summed E-state index contributed by atoms with van der Waals surface area (Å²) >= 11 is 0. The number of rotatable bonds is 6. The monoisotopic (exact) mass is 195 g/mol. The van der Waals surface area contributed by atoms with Gasteiger partial charge in [0.1, 0.15) is 11.6 Å². The van der Waals surface area contributed by atoms with Crippen LogP contribution in [0.1, 0.15) is 25.1 Å². The Bertz CT molecular complexity index is 293. The largest absolute Gasteiger partial charge is 0.338 e. The van der Waals surface area contributed by atoms with Crippen molar-refractivity contribution in [3.63, 3.8) is 0 Å². The number of aromatic nitrogens is 2. The highest BCUT2D eigenvalue weighted by molar-refractivity contribution is 5.80. The minimum absolute atomic E-state index is 0.243. The van der Waals surface area contributed by atoms with Crippen molar-refractivity contribution in [2.75, 3.05) is 6.54 Å². The topological polar surface area (TPSA) is 60.9 Å². The Kier molecular flexibility index (Phi) is 4.32. The first-order valence-electron chi connectivity index (χ1n) is 4.92. The van der Waals surface area contributed by atoms with Crippen molar-refractivity contribution in [2.45, 2.75) is 25.7 Å². The molecule has 1 aromatic rings. The Morgan fingerprint density at radius 1 is 1.57 bits per heavy atom. The van der Waals surface area contributed by atoms with Crippen LogP contribution < -0.4 is 5.73 Å². The number of ketones is 1. The van der Waals surface area contributed by atoms with E-state index in [1.54, 1.807) is 6.20 Å². The Morgan fingerprint density at radius 3 is 2.93 bits per heavy atom. The van der Waals surface area contributed by atoms with Gasteiger partial charge in [-0.3, -0.25) is 4.79 Å². The number of unbranched alkanes of at least 4 members (excludes halogenated alkanes) is 1. The number of nitrogens with two attached hydrogens (primary N) is 1. The lowest BCUT2D eigenvalue weighted by Crippen LogP contribution is -2.08. The van der Waals surface area contributed by atoms with E-state index in [0.717, 1.165) is 18.7 Å². The van der Waals surface area contributed by atoms with Crippen molar-refractivity contribution < 1.29 is 4.79 Å². The van der Waals surface area contributed by atoms with Crippen LogP contribution in [0.2, 0.25) is 0 Å². The first kappa shape index (κ1) is 10.9. The molecule has 4 heteroatoms. The molecule has 0 bridgehead atoms. The van der Waals surface area contributed by atoms with E-state index in [1.165, 1.54) is 0 Å². The van der Waals surface area contributed by atoms with Gasteiger partial charge in [-0.2, -0.15) is 0 Å². The molecule has 1 heterocycles. The van der Waals surface area contributed by atoms with Gasteiger partial charge >= 0.3 is 0 Å². The summed E-state index contributed by atoms with van der Waals surface area (Å²) in [7, 11) is 1.90. The molecule has 0 fully saturated rings. The normalized spacial score (nSPS) is 10.4. The van der Waals surface area contributed by atoms with Gasteiger partial charge in [-0.1, -0.05) is 0 Å². The number of nitrogens with zero attached hydrogens (tertiary/aromatic N) is 2. The molecule has 0 aliphatic heterocycles. The third-order valence-corrected chi connectivity index (χ3v) is 2.19. The van der Waals surface area contributed by atoms with Gasteiger partial charge in [0.25, 0.3) is 0 Å². The number of carbonyl (C=O) groups excluding carboxylic acids is 1. The van der Waals surface area contributed by atoms with Crippen LogP contribution in [-0.2, 0) is 18.3 Å². The second kappa shape index (κ2) is 5.54. The zero-order valence-electron chi connectivity index (χ0n) is 8.57. The highest BCUT2D eigenvalue weighted by atomic mass is 16.1. The summed E-state index contributed by atoms with van der Waals surface area (Å²) in [6.45, 7) is 0.662. The summed E-state index contributed by atoms with van der Waals surface area (Å²) in [5, 5.41) is 0. The van der Waals surface area contributed by atoms with Gasteiger partial charge in [0.15, 0.2) is 0 Å². The molecule has 0 aliphatic rings. The number of Topliss-reactive ketones (excluding diaryl/α,β-unsaturated/α-hetero) is 1. The van der Waals surface area contributed by atoms with E-state index in [1.807, 2.05) is 17.8 Å². The van der Waals surface area contributed by atoms with E-state index in [4.69, 9.17) is 5.73 Å². The van der Waals surface area contributed by atoms with Gasteiger partial charge in [0.2, 0.25) is 0 Å². The molecule has 0 unspecified atom stereocenters. The molecule has 0 saturated heterocycles. The Hall–Kier alpha value is -1.16. The zero-order valence-corrected chi connectivity index (χ0v) is 8.57. The van der Waals surface area contributed by atoms with Crippen LogP contribution in [0, 0.1) is 0 Å². The van der Waals surface area contributed by atoms with Gasteiger partial charge in [-0.25, -0.2) is 4.98 Å². The number of aryl methyl sites for hydroxylation is 1. The molecule has 0 atom stereocenters. The quantitative estimate of drug-likeness (QED) is 0.678. The summed E-state index contributed by atoms with van der Waals surface area (Å²) in [5.74, 6) is 1.08. The lowest BCUT2D eigenvalue weighted by molar-refractivity contribution is -0.118. The predicted octanol–water partition coefficient (Wildman–Crippen LogP) is 0.661. The van der Waals surface area contributed by atoms with E-state index >= 15 is 0 Å². The van der Waals surface area contributed by atoms with Gasteiger partial charge < -0.3 is 10.3 Å². The molecule has 0 spiro atoms. The lowest BCUT2D eigenvalue weighted by Gasteiger charge is -2.00. The SMILES string of the molecule is Cn1ccnc1CC(=O)CCCCN. The van der Waals surface area contributed by atoms with Crippen LogP contribution in [-0.4, -0.2) is 21.9 Å². The fourth-order valence-corrected chi connectivity index (χ4v) is 1.30. The van der Waals surface area contributed by atoms with Crippen molar-refractivity contribution in [1.29, 1.82) is 0 Å². The number of hydrogen-bond acceptors (Lipinski definition) is 3. The summed E-state index contributed by atoms with van der Waals surface area (Å²) in [4.78, 5) is 15.5. The molecule has 4 nitrogen and oxygen atoms in total. The first-order valence-corrected chi connectivity index (χ1v) is 4.92. The summed E-state index contributed by atoms with van der Waals surface area (Å²) in [6.07, 6.45) is 6.43. The molecule has 1 rings (SSSR count). The van der Waals surface area contributed by atoms with E-state index < -0.39 is 0 Å². The molecule has 78 valence electrons. The van der Waals surface area contributed by atoms with Crippen LogP contribution in [0.5, 0.6) is 0 Å². The first-order chi connectivity index (χ1) is 6.74. The summed E-state index contributed by atoms with van der Waals surface area (Å²) in [6, 6.07) is 0. The minimum atomic E-state index is 0.243. The standard InChI is InChI=1S/C10H17N3O/c1-13-7-6-12-10(13)8-9(14)4-2-3-5-11/h6-7H,2-5,8,11H2,1H3. The molecule has 0 aliphatic carbocycles. The molecule has 0 radical (unpaired) electrons. The van der Waals surface area contributed by atoms with Crippen molar-refractivity contribution in [2.24, 2.45) is 12.8 Å². The highest BCUT2D eigenvalue weighted by Crippen LogP contribution is 2.01. The number of hydrogen-bond donors (Lipinski definition) is 1. The highest BCUT2D eigenvalue weighted by Gasteiger charge is 2.06. The second-order valence-corrected chi connectivity index (χ2v) is 3.42. The lowest BCUT2D eigenvalue weighted by atomic mass is 10.1. The van der Waals surface area contributed by atoms with Crippen molar-refractivity contribution in [3.8, 4) is 0 Å². The van der Waals surface area contributed by atoms with Gasteiger partial charge in [-0.15, -0.1) is 0 Å². The maximum absolute atomic E-state index is 11.4. The number of imidazole rings is 1. The molecule has 0 amide bonds. The van der Waals surface area contributed by atoms with Crippen LogP contribution in [0.25, 0.3) is 0 Å². The van der Waals surface area contributed by atoms with Crippen molar-refractivity contribution in [3.05, 3.63) is 18.2 Å². The average Bonchev–Trinajstić information content (AvgIpc) is 2.52. The maximum Gasteiger partial charge on any atom is 0.140 e. The fraction of sp³-hybridized carbons (Fsp3) is 0.600. The van der Waals surface area contributed by atoms with Gasteiger partial charge in [0, 0.05) is 25.9 Å². The minimum Gasteiger partial charge on any atom is -0.338 e. The van der Waals surface area contributed by atoms with E-state index in [9.17, 15) is 4.79 Å². The summed E-state index contributed by atoms with van der Waals surface area (Å²) < 4.78 is 1.88. The molecule has 0 saturated carbocycles. The van der Waals surface area contributed by atoms with E-state index in [-0.39, 0.29) is 5.78 Å². The van der Waals surface area contributed by atoms with Crippen LogP contribution in [0.4, 0.5) is 0 Å². The molecule has 14 heavy (non-hydrogen) atoms. The Labute approximate surface area is 84.1 Å². The third kappa shape index (κ3) is 3.30. The van der Waals surface area contributed by atoms with Gasteiger partial charge in [0.05, 0.1) is 6.42 Å². The van der Waals surface area contributed by atoms with Crippen LogP contribution in [0.3, 0.4) is 0 Å².